The minimum atomic E-state index is -3.30. The van der Waals surface area contributed by atoms with Crippen LogP contribution >= 0.6 is 0 Å². The van der Waals surface area contributed by atoms with Gasteiger partial charge in [0.15, 0.2) is 0 Å². The molecule has 0 unspecified atom stereocenters. The van der Waals surface area contributed by atoms with E-state index in [4.69, 9.17) is 0 Å². The zero-order valence-corrected chi connectivity index (χ0v) is 10.2. The Kier molecular flexibility index (Phi) is 4.41. The molecule has 4 nitrogen and oxygen atoms in total. The molecule has 7 heteroatoms. The van der Waals surface area contributed by atoms with Crippen LogP contribution in [0, 0.1) is 0 Å². The lowest BCUT2D eigenvalue weighted by atomic mass is 10.1. The fourth-order valence-corrected chi connectivity index (χ4v) is 2.11. The maximum Gasteiger partial charge on any atom is 0.387 e. The number of benzene rings is 1. The second-order valence-corrected chi connectivity index (χ2v) is 5.34. The maximum absolute atomic E-state index is 11.9. The van der Waals surface area contributed by atoms with Gasteiger partial charge in [0.2, 0.25) is 10.0 Å². The Bertz CT molecular complexity index is 459. The Labute approximate surface area is 98.6 Å². The molecule has 0 amide bonds. The van der Waals surface area contributed by atoms with Crippen LogP contribution in [0.3, 0.4) is 0 Å². The minimum Gasteiger partial charge on any atom is -0.435 e. The van der Waals surface area contributed by atoms with Crippen molar-refractivity contribution in [2.45, 2.75) is 19.6 Å². The van der Waals surface area contributed by atoms with Gasteiger partial charge in [-0.15, -0.1) is 0 Å². The van der Waals surface area contributed by atoms with Crippen molar-refractivity contribution in [3.05, 3.63) is 29.8 Å². The number of hydrogen-bond acceptors (Lipinski definition) is 3. The fourth-order valence-electron chi connectivity index (χ4n) is 1.33. The van der Waals surface area contributed by atoms with Gasteiger partial charge in [-0.3, -0.25) is 0 Å². The van der Waals surface area contributed by atoms with E-state index >= 15 is 0 Å². The smallest absolute Gasteiger partial charge is 0.387 e. The average molecular weight is 265 g/mol. The first kappa shape index (κ1) is 13.9. The van der Waals surface area contributed by atoms with E-state index < -0.39 is 22.7 Å². The average Bonchev–Trinajstić information content (AvgIpc) is 2.15. The Morgan fingerprint density at radius 3 is 2.18 bits per heavy atom. The van der Waals surface area contributed by atoms with Gasteiger partial charge in [0.05, 0.1) is 6.26 Å². The highest BCUT2D eigenvalue weighted by Crippen LogP contribution is 2.19. The standard InChI is InChI=1S/C10H13F2NO3S/c1-7(13-17(2,14)15)8-3-5-9(6-4-8)16-10(11)12/h3-7,10,13H,1-2H3/t7-/m1/s1. The van der Waals surface area contributed by atoms with Gasteiger partial charge < -0.3 is 4.74 Å². The first-order chi connectivity index (χ1) is 7.78. The number of alkyl halides is 2. The van der Waals surface area contributed by atoms with Gasteiger partial charge in [-0.2, -0.15) is 8.78 Å². The van der Waals surface area contributed by atoms with Crippen LogP contribution in [0.25, 0.3) is 0 Å². The van der Waals surface area contributed by atoms with Crippen LogP contribution in [0.5, 0.6) is 5.75 Å². The number of ether oxygens (including phenoxy) is 1. The topological polar surface area (TPSA) is 55.4 Å². The largest absolute Gasteiger partial charge is 0.435 e. The van der Waals surface area contributed by atoms with Crippen LogP contribution in [0.2, 0.25) is 0 Å². The maximum atomic E-state index is 11.9. The number of halogens is 2. The molecule has 0 aliphatic rings. The minimum absolute atomic E-state index is 0.0373. The summed E-state index contributed by atoms with van der Waals surface area (Å²) in [6.07, 6.45) is 1.05. The third kappa shape index (κ3) is 5.10. The zero-order valence-electron chi connectivity index (χ0n) is 9.35. The molecule has 17 heavy (non-hydrogen) atoms. The van der Waals surface area contributed by atoms with Crippen molar-refractivity contribution in [1.82, 2.24) is 4.72 Å². The summed E-state index contributed by atoms with van der Waals surface area (Å²) >= 11 is 0. The summed E-state index contributed by atoms with van der Waals surface area (Å²) in [5.41, 5.74) is 0.664. The third-order valence-corrected chi connectivity index (χ3v) is 2.78. The van der Waals surface area contributed by atoms with Crippen molar-refractivity contribution < 1.29 is 21.9 Å². The van der Waals surface area contributed by atoms with E-state index in [0.717, 1.165) is 6.26 Å². The van der Waals surface area contributed by atoms with Gasteiger partial charge >= 0.3 is 6.61 Å². The fraction of sp³-hybridized carbons (Fsp3) is 0.400. The molecule has 0 fully saturated rings. The normalized spacial score (nSPS) is 13.7. The molecule has 1 atom stereocenters. The molecule has 1 N–H and O–H groups in total. The van der Waals surface area contributed by atoms with Crippen LogP contribution < -0.4 is 9.46 Å². The highest BCUT2D eigenvalue weighted by Gasteiger charge is 2.11. The van der Waals surface area contributed by atoms with Crippen molar-refractivity contribution in [3.8, 4) is 5.75 Å². The van der Waals surface area contributed by atoms with Crippen LogP contribution in [0.1, 0.15) is 18.5 Å². The Morgan fingerprint density at radius 2 is 1.76 bits per heavy atom. The molecular formula is C10H13F2NO3S. The number of sulfonamides is 1. The van der Waals surface area contributed by atoms with Crippen molar-refractivity contribution >= 4 is 10.0 Å². The van der Waals surface area contributed by atoms with Crippen molar-refractivity contribution in [2.24, 2.45) is 0 Å². The molecule has 0 bridgehead atoms. The van der Waals surface area contributed by atoms with E-state index in [1.807, 2.05) is 0 Å². The van der Waals surface area contributed by atoms with Gasteiger partial charge in [0.1, 0.15) is 5.75 Å². The summed E-state index contributed by atoms with van der Waals surface area (Å²) in [7, 11) is -3.30. The second kappa shape index (κ2) is 5.42. The summed E-state index contributed by atoms with van der Waals surface area (Å²) < 4.78 is 52.3. The van der Waals surface area contributed by atoms with E-state index in [2.05, 4.69) is 9.46 Å². The molecule has 0 saturated carbocycles. The van der Waals surface area contributed by atoms with Crippen molar-refractivity contribution in [3.63, 3.8) is 0 Å². The van der Waals surface area contributed by atoms with Gasteiger partial charge in [-0.05, 0) is 24.6 Å². The summed E-state index contributed by atoms with van der Waals surface area (Å²) in [4.78, 5) is 0. The van der Waals surface area contributed by atoms with E-state index in [1.54, 1.807) is 6.92 Å². The Hall–Kier alpha value is -1.21. The van der Waals surface area contributed by atoms with Crippen LogP contribution in [0.15, 0.2) is 24.3 Å². The molecule has 0 spiro atoms. The van der Waals surface area contributed by atoms with E-state index in [-0.39, 0.29) is 5.75 Å². The monoisotopic (exact) mass is 265 g/mol. The molecule has 0 heterocycles. The summed E-state index contributed by atoms with van der Waals surface area (Å²) in [5, 5.41) is 0. The predicted molar refractivity (Wildman–Crippen MR) is 59.5 cm³/mol. The Balaban J connectivity index is 2.73. The second-order valence-electron chi connectivity index (χ2n) is 3.56. The van der Waals surface area contributed by atoms with Crippen LogP contribution in [-0.4, -0.2) is 21.3 Å². The lowest BCUT2D eigenvalue weighted by Gasteiger charge is -2.13. The number of hydrogen-bond donors (Lipinski definition) is 1. The quantitative estimate of drug-likeness (QED) is 0.884. The van der Waals surface area contributed by atoms with Gasteiger partial charge in [-0.25, -0.2) is 13.1 Å². The predicted octanol–water partition coefficient (Wildman–Crippen LogP) is 1.90. The van der Waals surface area contributed by atoms with Crippen molar-refractivity contribution in [2.75, 3.05) is 6.26 Å². The first-order valence-corrected chi connectivity index (χ1v) is 6.69. The molecule has 96 valence electrons. The molecule has 1 aromatic carbocycles. The first-order valence-electron chi connectivity index (χ1n) is 4.80. The number of nitrogens with one attached hydrogen (secondary N) is 1. The van der Waals surface area contributed by atoms with E-state index in [1.165, 1.54) is 24.3 Å². The summed E-state index contributed by atoms with van der Waals surface area (Å²) in [6, 6.07) is 5.36. The SMILES string of the molecule is C[C@@H](NS(C)(=O)=O)c1ccc(OC(F)F)cc1. The lowest BCUT2D eigenvalue weighted by Crippen LogP contribution is -2.25. The van der Waals surface area contributed by atoms with Gasteiger partial charge in [0.25, 0.3) is 0 Å². The van der Waals surface area contributed by atoms with Crippen LogP contribution in [0.4, 0.5) is 8.78 Å². The zero-order chi connectivity index (χ0) is 13.1. The van der Waals surface area contributed by atoms with Crippen LogP contribution in [-0.2, 0) is 10.0 Å². The summed E-state index contributed by atoms with van der Waals surface area (Å²) in [6.45, 7) is -1.21. The third-order valence-electron chi connectivity index (χ3n) is 2.00. The highest BCUT2D eigenvalue weighted by molar-refractivity contribution is 7.88. The molecule has 0 aliphatic carbocycles. The van der Waals surface area contributed by atoms with E-state index in [9.17, 15) is 17.2 Å². The molecule has 1 rings (SSSR count). The summed E-state index contributed by atoms with van der Waals surface area (Å²) in [5.74, 6) is 0.0373. The van der Waals surface area contributed by atoms with E-state index in [0.29, 0.717) is 5.56 Å². The molecule has 0 radical (unpaired) electrons. The van der Waals surface area contributed by atoms with Gasteiger partial charge in [0, 0.05) is 6.04 Å². The molecule has 0 saturated heterocycles. The molecule has 0 aliphatic heterocycles. The molecule has 0 aromatic heterocycles. The Morgan fingerprint density at radius 1 is 1.24 bits per heavy atom. The van der Waals surface area contributed by atoms with Crippen molar-refractivity contribution in [1.29, 1.82) is 0 Å². The van der Waals surface area contributed by atoms with Gasteiger partial charge in [-0.1, -0.05) is 12.1 Å². The highest BCUT2D eigenvalue weighted by atomic mass is 32.2. The molecular weight excluding hydrogens is 252 g/mol. The number of rotatable bonds is 5. The molecule has 1 aromatic rings. The lowest BCUT2D eigenvalue weighted by molar-refractivity contribution is -0.0498.